The Morgan fingerprint density at radius 1 is 1.21 bits per heavy atom. The van der Waals surface area contributed by atoms with Gasteiger partial charge in [-0.3, -0.25) is 4.99 Å². The van der Waals surface area contributed by atoms with Crippen molar-refractivity contribution < 1.29 is 14.2 Å². The minimum absolute atomic E-state index is 0.458. The van der Waals surface area contributed by atoms with Crippen molar-refractivity contribution in [2.24, 2.45) is 4.99 Å². The van der Waals surface area contributed by atoms with Crippen LogP contribution in [-0.2, 0) is 11.3 Å². The number of guanidine groups is 1. The number of piperidine rings is 1. The second kappa shape index (κ2) is 12.5. The van der Waals surface area contributed by atoms with Crippen LogP contribution >= 0.6 is 0 Å². The van der Waals surface area contributed by atoms with Crippen molar-refractivity contribution in [3.63, 3.8) is 0 Å². The average molecular weight is 393 g/mol. The van der Waals surface area contributed by atoms with E-state index in [4.69, 9.17) is 14.2 Å². The van der Waals surface area contributed by atoms with E-state index in [9.17, 15) is 0 Å². The predicted molar refractivity (Wildman–Crippen MR) is 113 cm³/mol. The third-order valence-electron chi connectivity index (χ3n) is 4.96. The molecule has 1 fully saturated rings. The Balaban J connectivity index is 1.78. The highest BCUT2D eigenvalue weighted by atomic mass is 16.5. The minimum atomic E-state index is 0.458. The molecule has 0 spiro atoms. The lowest BCUT2D eigenvalue weighted by Gasteiger charge is -2.33. The highest BCUT2D eigenvalue weighted by Gasteiger charge is 2.19. The van der Waals surface area contributed by atoms with Gasteiger partial charge in [-0.25, -0.2) is 0 Å². The van der Waals surface area contributed by atoms with Crippen LogP contribution < -0.4 is 20.1 Å². The quantitative estimate of drug-likeness (QED) is 0.362. The number of benzene rings is 1. The van der Waals surface area contributed by atoms with Gasteiger partial charge in [0.2, 0.25) is 0 Å². The third-order valence-corrected chi connectivity index (χ3v) is 4.96. The standard InChI is InChI=1S/C21H36N4O3/c1-5-28-20-15-17(7-8-19(20)27-4)16-23-21(22-2)24-18-9-12-25(13-10-18)11-6-14-26-3/h7-8,15,18H,5-6,9-14,16H2,1-4H3,(H2,22,23,24). The first-order valence-electron chi connectivity index (χ1n) is 10.2. The number of aliphatic imine (C=N–C) groups is 1. The van der Waals surface area contributed by atoms with E-state index in [1.165, 1.54) is 0 Å². The number of ether oxygens (including phenoxy) is 3. The summed E-state index contributed by atoms with van der Waals surface area (Å²) < 4.78 is 16.1. The lowest BCUT2D eigenvalue weighted by atomic mass is 10.1. The van der Waals surface area contributed by atoms with Crippen LogP contribution in [0.25, 0.3) is 0 Å². The summed E-state index contributed by atoms with van der Waals surface area (Å²) in [6.45, 7) is 7.46. The average Bonchev–Trinajstić information content (AvgIpc) is 2.73. The summed E-state index contributed by atoms with van der Waals surface area (Å²) in [5.74, 6) is 2.37. The second-order valence-electron chi connectivity index (χ2n) is 6.95. The van der Waals surface area contributed by atoms with Gasteiger partial charge in [-0.2, -0.15) is 0 Å². The van der Waals surface area contributed by atoms with E-state index in [-0.39, 0.29) is 0 Å². The van der Waals surface area contributed by atoms with Gasteiger partial charge in [0.1, 0.15) is 0 Å². The number of methoxy groups -OCH3 is 2. The largest absolute Gasteiger partial charge is 0.493 e. The molecular formula is C21H36N4O3. The maximum Gasteiger partial charge on any atom is 0.191 e. The first kappa shape index (κ1) is 22.3. The molecule has 0 aromatic heterocycles. The Labute approximate surface area is 169 Å². The number of nitrogens with one attached hydrogen (secondary N) is 2. The third kappa shape index (κ3) is 7.20. The van der Waals surface area contributed by atoms with Crippen molar-refractivity contribution in [3.05, 3.63) is 23.8 Å². The summed E-state index contributed by atoms with van der Waals surface area (Å²) in [5, 5.41) is 6.96. The maximum atomic E-state index is 5.66. The Morgan fingerprint density at radius 2 is 2.00 bits per heavy atom. The summed E-state index contributed by atoms with van der Waals surface area (Å²) in [5.41, 5.74) is 1.13. The molecule has 0 amide bonds. The van der Waals surface area contributed by atoms with Crippen molar-refractivity contribution in [3.8, 4) is 11.5 Å². The molecule has 1 heterocycles. The predicted octanol–water partition coefficient (Wildman–Crippen LogP) is 2.26. The fraction of sp³-hybridized carbons (Fsp3) is 0.667. The second-order valence-corrected chi connectivity index (χ2v) is 6.95. The number of nitrogens with zero attached hydrogens (tertiary/aromatic N) is 2. The van der Waals surface area contributed by atoms with E-state index >= 15 is 0 Å². The van der Waals surface area contributed by atoms with E-state index in [0.29, 0.717) is 19.2 Å². The number of hydrogen-bond donors (Lipinski definition) is 2. The molecule has 0 aliphatic carbocycles. The monoisotopic (exact) mass is 392 g/mol. The van der Waals surface area contributed by atoms with Crippen LogP contribution in [-0.4, -0.2) is 71.0 Å². The van der Waals surface area contributed by atoms with Crippen molar-refractivity contribution in [2.75, 3.05) is 54.1 Å². The Morgan fingerprint density at radius 3 is 2.64 bits per heavy atom. The Hall–Kier alpha value is -1.99. The van der Waals surface area contributed by atoms with Gasteiger partial charge in [-0.1, -0.05) is 6.07 Å². The van der Waals surface area contributed by atoms with Crippen molar-refractivity contribution in [2.45, 2.75) is 38.8 Å². The Bertz CT molecular complexity index is 601. The molecule has 28 heavy (non-hydrogen) atoms. The molecule has 0 atom stereocenters. The SMILES string of the molecule is CCOc1cc(CNC(=NC)NC2CCN(CCCOC)CC2)ccc1OC. The summed E-state index contributed by atoms with van der Waals surface area (Å²) in [4.78, 5) is 6.89. The molecule has 2 rings (SSSR count). The van der Waals surface area contributed by atoms with Gasteiger partial charge in [0, 0.05) is 53.0 Å². The van der Waals surface area contributed by atoms with E-state index in [2.05, 4.69) is 20.5 Å². The summed E-state index contributed by atoms with van der Waals surface area (Å²) in [7, 11) is 5.23. The zero-order valence-corrected chi connectivity index (χ0v) is 17.8. The molecule has 2 N–H and O–H groups in total. The molecule has 7 nitrogen and oxygen atoms in total. The molecule has 0 bridgehead atoms. The van der Waals surface area contributed by atoms with Gasteiger partial charge in [0.05, 0.1) is 13.7 Å². The molecule has 7 heteroatoms. The van der Waals surface area contributed by atoms with Crippen LogP contribution in [0.4, 0.5) is 0 Å². The van der Waals surface area contributed by atoms with Crippen LogP contribution in [0.2, 0.25) is 0 Å². The van der Waals surface area contributed by atoms with E-state index in [1.807, 2.05) is 32.2 Å². The van der Waals surface area contributed by atoms with Crippen LogP contribution in [0.3, 0.4) is 0 Å². The first-order chi connectivity index (χ1) is 13.7. The lowest BCUT2D eigenvalue weighted by Crippen LogP contribution is -2.48. The molecule has 1 aliphatic rings. The molecule has 0 unspecified atom stereocenters. The highest BCUT2D eigenvalue weighted by molar-refractivity contribution is 5.80. The van der Waals surface area contributed by atoms with Crippen LogP contribution in [0.15, 0.2) is 23.2 Å². The first-order valence-corrected chi connectivity index (χ1v) is 10.2. The minimum Gasteiger partial charge on any atom is -0.493 e. The molecule has 1 aromatic carbocycles. The van der Waals surface area contributed by atoms with Crippen LogP contribution in [0.1, 0.15) is 31.7 Å². The molecule has 1 saturated heterocycles. The smallest absolute Gasteiger partial charge is 0.191 e. The van der Waals surface area contributed by atoms with E-state index < -0.39 is 0 Å². The normalized spacial score (nSPS) is 16.1. The van der Waals surface area contributed by atoms with Crippen molar-refractivity contribution in [1.29, 1.82) is 0 Å². The molecule has 0 saturated carbocycles. The summed E-state index contributed by atoms with van der Waals surface area (Å²) in [6.07, 6.45) is 3.36. The van der Waals surface area contributed by atoms with Gasteiger partial charge in [-0.05, 0) is 43.9 Å². The molecular weight excluding hydrogens is 356 g/mol. The van der Waals surface area contributed by atoms with E-state index in [1.54, 1.807) is 14.2 Å². The fourth-order valence-electron chi connectivity index (χ4n) is 3.41. The molecule has 158 valence electrons. The highest BCUT2D eigenvalue weighted by Crippen LogP contribution is 2.27. The number of likely N-dealkylation sites (tertiary alicyclic amines) is 1. The van der Waals surface area contributed by atoms with Gasteiger partial charge < -0.3 is 29.7 Å². The zero-order valence-electron chi connectivity index (χ0n) is 17.8. The molecule has 0 radical (unpaired) electrons. The van der Waals surface area contributed by atoms with Gasteiger partial charge in [0.25, 0.3) is 0 Å². The molecule has 1 aromatic rings. The number of hydrogen-bond acceptors (Lipinski definition) is 5. The maximum absolute atomic E-state index is 5.66. The van der Waals surface area contributed by atoms with Crippen molar-refractivity contribution in [1.82, 2.24) is 15.5 Å². The zero-order chi connectivity index (χ0) is 20.2. The summed E-state index contributed by atoms with van der Waals surface area (Å²) >= 11 is 0. The van der Waals surface area contributed by atoms with Gasteiger partial charge >= 0.3 is 0 Å². The lowest BCUT2D eigenvalue weighted by molar-refractivity contribution is 0.155. The summed E-state index contributed by atoms with van der Waals surface area (Å²) in [6, 6.07) is 6.46. The van der Waals surface area contributed by atoms with Crippen molar-refractivity contribution >= 4 is 5.96 Å². The van der Waals surface area contributed by atoms with Crippen LogP contribution in [0.5, 0.6) is 11.5 Å². The molecule has 1 aliphatic heterocycles. The Kier molecular flexibility index (Phi) is 9.93. The van der Waals surface area contributed by atoms with Gasteiger partial charge in [-0.15, -0.1) is 0 Å². The van der Waals surface area contributed by atoms with Gasteiger partial charge in [0.15, 0.2) is 17.5 Å². The van der Waals surface area contributed by atoms with Crippen LogP contribution in [0, 0.1) is 0 Å². The topological polar surface area (TPSA) is 67.4 Å². The fourth-order valence-corrected chi connectivity index (χ4v) is 3.41. The van der Waals surface area contributed by atoms with E-state index in [0.717, 1.165) is 68.5 Å². The number of rotatable bonds is 10.